The van der Waals surface area contributed by atoms with E-state index in [1.54, 1.807) is 12.1 Å². The average Bonchev–Trinajstić information content (AvgIpc) is 2.81. The molecule has 18 heavy (non-hydrogen) atoms. The Bertz CT molecular complexity index is 510. The minimum Gasteiger partial charge on any atom is -0.445 e. The molecule has 4 heteroatoms. The molecule has 0 atom stereocenters. The van der Waals surface area contributed by atoms with Crippen molar-refractivity contribution in [2.45, 2.75) is 25.8 Å². The molecule has 1 aliphatic rings. The van der Waals surface area contributed by atoms with E-state index in [1.807, 2.05) is 0 Å². The molecule has 1 aliphatic heterocycles. The largest absolute Gasteiger partial charge is 0.445 e. The fourth-order valence-corrected chi connectivity index (χ4v) is 2.19. The van der Waals surface area contributed by atoms with Crippen LogP contribution in [0.5, 0.6) is 0 Å². The first-order valence-electron chi connectivity index (χ1n) is 6.24. The number of halogens is 1. The molecule has 0 amide bonds. The van der Waals surface area contributed by atoms with Crippen molar-refractivity contribution in [2.75, 3.05) is 6.54 Å². The van der Waals surface area contributed by atoms with Crippen LogP contribution in [0, 0.1) is 5.82 Å². The fraction of sp³-hybridized carbons (Fsp3) is 0.357. The van der Waals surface area contributed by atoms with E-state index in [9.17, 15) is 4.39 Å². The van der Waals surface area contributed by atoms with Gasteiger partial charge < -0.3 is 9.73 Å². The van der Waals surface area contributed by atoms with E-state index < -0.39 is 0 Å². The molecule has 0 fully saturated rings. The highest BCUT2D eigenvalue weighted by atomic mass is 19.1. The van der Waals surface area contributed by atoms with E-state index in [-0.39, 0.29) is 5.82 Å². The number of rotatable bonds is 3. The van der Waals surface area contributed by atoms with Gasteiger partial charge in [0.05, 0.1) is 5.69 Å². The lowest BCUT2D eigenvalue weighted by Gasteiger charge is -2.08. The van der Waals surface area contributed by atoms with Crippen LogP contribution in [-0.4, -0.2) is 11.5 Å². The van der Waals surface area contributed by atoms with Crippen molar-refractivity contribution < 1.29 is 8.81 Å². The number of aryl methyl sites for hydroxylation is 2. The lowest BCUT2D eigenvalue weighted by Crippen LogP contribution is -2.22. The number of nitrogens with zero attached hydrogens (tertiary/aromatic N) is 1. The van der Waals surface area contributed by atoms with Crippen molar-refractivity contribution in [3.05, 3.63) is 53.0 Å². The quantitative estimate of drug-likeness (QED) is 0.902. The van der Waals surface area contributed by atoms with Gasteiger partial charge in [0.15, 0.2) is 5.89 Å². The molecule has 3 rings (SSSR count). The van der Waals surface area contributed by atoms with Crippen molar-refractivity contribution in [2.24, 2.45) is 0 Å². The molecule has 1 aromatic heterocycles. The number of nitrogens with one attached hydrogen (secondary N) is 1. The summed E-state index contributed by atoms with van der Waals surface area (Å²) in [5.74, 6) is 1.60. The molecule has 0 saturated carbocycles. The molecule has 1 N–H and O–H groups in total. The lowest BCUT2D eigenvalue weighted by molar-refractivity contribution is 0.438. The molecule has 2 aromatic rings. The molecule has 94 valence electrons. The second-order valence-corrected chi connectivity index (χ2v) is 4.53. The molecule has 0 saturated heterocycles. The number of fused-ring (bicyclic) bond motifs is 1. The molecular weight excluding hydrogens is 231 g/mol. The van der Waals surface area contributed by atoms with Gasteiger partial charge in [0.2, 0.25) is 0 Å². The third-order valence-corrected chi connectivity index (χ3v) is 3.18. The summed E-state index contributed by atoms with van der Waals surface area (Å²) in [4.78, 5) is 4.48. The van der Waals surface area contributed by atoms with Crippen LogP contribution in [0.4, 0.5) is 4.39 Å². The van der Waals surface area contributed by atoms with E-state index in [0.29, 0.717) is 0 Å². The zero-order valence-electron chi connectivity index (χ0n) is 10.1. The van der Waals surface area contributed by atoms with Crippen LogP contribution in [-0.2, 0) is 25.8 Å². The number of hydrogen-bond acceptors (Lipinski definition) is 3. The van der Waals surface area contributed by atoms with Crippen molar-refractivity contribution in [3.8, 4) is 0 Å². The normalized spacial score (nSPS) is 14.5. The fourth-order valence-electron chi connectivity index (χ4n) is 2.19. The standard InChI is InChI=1S/C14H15FN2O/c15-11-4-1-10(2-5-11)3-6-14-17-12-9-16-8-7-13(12)18-14/h1-2,4-5,16H,3,6-9H2. The number of benzene rings is 1. The molecule has 0 spiro atoms. The molecule has 1 aromatic carbocycles. The van der Waals surface area contributed by atoms with Crippen molar-refractivity contribution in [3.63, 3.8) is 0 Å². The van der Waals surface area contributed by atoms with Crippen LogP contribution in [0.3, 0.4) is 0 Å². The molecule has 3 nitrogen and oxygen atoms in total. The zero-order chi connectivity index (χ0) is 12.4. The van der Waals surface area contributed by atoms with Gasteiger partial charge in [-0.2, -0.15) is 0 Å². The van der Waals surface area contributed by atoms with E-state index in [1.165, 1.54) is 12.1 Å². The Labute approximate surface area is 105 Å². The first-order valence-corrected chi connectivity index (χ1v) is 6.24. The maximum Gasteiger partial charge on any atom is 0.195 e. The van der Waals surface area contributed by atoms with Crippen LogP contribution in [0.1, 0.15) is 22.9 Å². The highest BCUT2D eigenvalue weighted by Gasteiger charge is 2.16. The van der Waals surface area contributed by atoms with Crippen molar-refractivity contribution in [1.29, 1.82) is 0 Å². The van der Waals surface area contributed by atoms with Crippen LogP contribution in [0.2, 0.25) is 0 Å². The Balaban J connectivity index is 1.66. The predicted octanol–water partition coefficient (Wildman–Crippen LogP) is 2.24. The van der Waals surface area contributed by atoms with Gasteiger partial charge >= 0.3 is 0 Å². The molecular formula is C14H15FN2O. The smallest absolute Gasteiger partial charge is 0.195 e. The first-order chi connectivity index (χ1) is 8.81. The summed E-state index contributed by atoms with van der Waals surface area (Å²) in [6.07, 6.45) is 2.50. The summed E-state index contributed by atoms with van der Waals surface area (Å²) in [5, 5.41) is 3.27. The molecule has 2 heterocycles. The van der Waals surface area contributed by atoms with Crippen LogP contribution >= 0.6 is 0 Å². The SMILES string of the molecule is Fc1ccc(CCc2nc3c(o2)CCNC3)cc1. The Hall–Kier alpha value is -1.68. The second kappa shape index (κ2) is 4.90. The Morgan fingerprint density at radius 2 is 2.06 bits per heavy atom. The van der Waals surface area contributed by atoms with Crippen LogP contribution in [0.25, 0.3) is 0 Å². The first kappa shape index (κ1) is 11.4. The molecule has 0 radical (unpaired) electrons. The summed E-state index contributed by atoms with van der Waals surface area (Å²) >= 11 is 0. The molecule has 0 unspecified atom stereocenters. The van der Waals surface area contributed by atoms with Gasteiger partial charge in [-0.1, -0.05) is 12.1 Å². The topological polar surface area (TPSA) is 38.1 Å². The summed E-state index contributed by atoms with van der Waals surface area (Å²) in [7, 11) is 0. The summed E-state index contributed by atoms with van der Waals surface area (Å²) in [5.41, 5.74) is 2.14. The summed E-state index contributed by atoms with van der Waals surface area (Å²) < 4.78 is 18.5. The zero-order valence-corrected chi connectivity index (χ0v) is 10.1. The minimum absolute atomic E-state index is 0.198. The van der Waals surface area contributed by atoms with Crippen molar-refractivity contribution in [1.82, 2.24) is 10.3 Å². The van der Waals surface area contributed by atoms with E-state index in [0.717, 1.165) is 55.3 Å². The molecule has 0 bridgehead atoms. The van der Waals surface area contributed by atoms with Crippen LogP contribution < -0.4 is 5.32 Å². The summed E-state index contributed by atoms with van der Waals surface area (Å²) in [6, 6.07) is 6.58. The second-order valence-electron chi connectivity index (χ2n) is 4.53. The summed E-state index contributed by atoms with van der Waals surface area (Å²) in [6.45, 7) is 1.76. The molecule has 0 aliphatic carbocycles. The maximum atomic E-state index is 12.8. The van der Waals surface area contributed by atoms with Crippen LogP contribution in [0.15, 0.2) is 28.7 Å². The van der Waals surface area contributed by atoms with Gasteiger partial charge in [0, 0.05) is 25.9 Å². The highest BCUT2D eigenvalue weighted by molar-refractivity contribution is 5.18. The number of oxazole rings is 1. The minimum atomic E-state index is -0.198. The van der Waals surface area contributed by atoms with Crippen molar-refractivity contribution >= 4 is 0 Å². The lowest BCUT2D eigenvalue weighted by atomic mass is 10.1. The Morgan fingerprint density at radius 1 is 1.22 bits per heavy atom. The van der Waals surface area contributed by atoms with Gasteiger partial charge in [0.25, 0.3) is 0 Å². The highest BCUT2D eigenvalue weighted by Crippen LogP contribution is 2.16. The van der Waals surface area contributed by atoms with Gasteiger partial charge in [-0.05, 0) is 24.1 Å². The van der Waals surface area contributed by atoms with Gasteiger partial charge in [-0.3, -0.25) is 0 Å². The maximum absolute atomic E-state index is 12.8. The van der Waals surface area contributed by atoms with Gasteiger partial charge in [-0.15, -0.1) is 0 Å². The monoisotopic (exact) mass is 246 g/mol. The Kier molecular flexibility index (Phi) is 3.11. The van der Waals surface area contributed by atoms with E-state index >= 15 is 0 Å². The van der Waals surface area contributed by atoms with E-state index in [2.05, 4.69) is 10.3 Å². The predicted molar refractivity (Wildman–Crippen MR) is 65.7 cm³/mol. The third kappa shape index (κ3) is 2.43. The number of hydrogen-bond donors (Lipinski definition) is 1. The average molecular weight is 246 g/mol. The van der Waals surface area contributed by atoms with Gasteiger partial charge in [0.1, 0.15) is 11.6 Å². The van der Waals surface area contributed by atoms with Gasteiger partial charge in [-0.25, -0.2) is 9.37 Å². The number of aromatic nitrogens is 1. The third-order valence-electron chi connectivity index (χ3n) is 3.18. The Morgan fingerprint density at radius 3 is 2.83 bits per heavy atom. The van der Waals surface area contributed by atoms with E-state index in [4.69, 9.17) is 4.42 Å².